The van der Waals surface area contributed by atoms with Gasteiger partial charge in [-0.15, -0.1) is 0 Å². The lowest BCUT2D eigenvalue weighted by Crippen LogP contribution is -2.68. The summed E-state index contributed by atoms with van der Waals surface area (Å²) in [6, 6.07) is 0. The SMILES string of the molecule is COC(=O)[C@]12CC[C@@H](C)[C@H](C)[C@H]1C1=C[C@@H](OC)[C@@H]3[C@@]4(C)CC[C@H](OC(C)=O)C(C)(C)[C@@H]4CC[C@@]3(C)[C@]1(C)CC2. The third-order valence-electron chi connectivity index (χ3n) is 14.0. The Hall–Kier alpha value is -1.36. The third kappa shape index (κ3) is 3.73. The number of carbonyl (C=O) groups excluding carboxylic acids is 2. The van der Waals surface area contributed by atoms with E-state index in [9.17, 15) is 9.59 Å². The summed E-state index contributed by atoms with van der Waals surface area (Å²) in [6.07, 6.45) is 10.6. The van der Waals surface area contributed by atoms with E-state index >= 15 is 0 Å². The highest BCUT2D eigenvalue weighted by Crippen LogP contribution is 2.76. The van der Waals surface area contributed by atoms with Gasteiger partial charge in [-0.25, -0.2) is 0 Å². The molecule has 5 aliphatic carbocycles. The second kappa shape index (κ2) is 9.33. The molecule has 0 radical (unpaired) electrons. The summed E-state index contributed by atoms with van der Waals surface area (Å²) in [4.78, 5) is 25.6. The number of esters is 2. The van der Waals surface area contributed by atoms with Gasteiger partial charge in [-0.2, -0.15) is 0 Å². The van der Waals surface area contributed by atoms with Crippen molar-refractivity contribution < 1.29 is 23.8 Å². The zero-order valence-electron chi connectivity index (χ0n) is 26.3. The minimum absolute atomic E-state index is 0.00310. The summed E-state index contributed by atoms with van der Waals surface area (Å²) < 4.78 is 17.9. The number of methoxy groups -OCH3 is 2. The summed E-state index contributed by atoms with van der Waals surface area (Å²) in [6.45, 7) is 18.6. The quantitative estimate of drug-likeness (QED) is 0.275. The number of fused-ring (bicyclic) bond motifs is 7. The second-order valence-corrected chi connectivity index (χ2v) is 15.6. The lowest BCUT2D eigenvalue weighted by atomic mass is 9.33. The Morgan fingerprint density at radius 2 is 1.59 bits per heavy atom. The van der Waals surface area contributed by atoms with E-state index < -0.39 is 5.41 Å². The molecule has 0 unspecified atom stereocenters. The van der Waals surface area contributed by atoms with Crippen LogP contribution in [-0.4, -0.2) is 38.4 Å². The summed E-state index contributed by atoms with van der Waals surface area (Å²) in [5.41, 5.74) is 1.10. The van der Waals surface area contributed by atoms with Crippen LogP contribution in [-0.2, 0) is 23.8 Å². The zero-order chi connectivity index (χ0) is 28.8. The number of ether oxygens (including phenoxy) is 3. The molecule has 0 aromatic carbocycles. The molecule has 0 saturated heterocycles. The summed E-state index contributed by atoms with van der Waals surface area (Å²) >= 11 is 0. The largest absolute Gasteiger partial charge is 0.469 e. The van der Waals surface area contributed by atoms with Gasteiger partial charge in [0.05, 0.1) is 18.6 Å². The van der Waals surface area contributed by atoms with Gasteiger partial charge in [0, 0.05) is 25.4 Å². The summed E-state index contributed by atoms with van der Waals surface area (Å²) in [5.74, 6) is 1.84. The smallest absolute Gasteiger partial charge is 0.312 e. The first-order valence-corrected chi connectivity index (χ1v) is 15.6. The van der Waals surface area contributed by atoms with E-state index in [-0.39, 0.29) is 51.7 Å². The molecule has 0 spiro atoms. The van der Waals surface area contributed by atoms with Crippen LogP contribution in [0.1, 0.15) is 107 Å². The minimum atomic E-state index is -0.418. The van der Waals surface area contributed by atoms with Crippen molar-refractivity contribution in [1.82, 2.24) is 0 Å². The Balaban J connectivity index is 1.64. The maximum Gasteiger partial charge on any atom is 0.312 e. The van der Waals surface area contributed by atoms with Crippen molar-refractivity contribution in [2.45, 2.75) is 119 Å². The summed E-state index contributed by atoms with van der Waals surface area (Å²) in [7, 11) is 3.46. The van der Waals surface area contributed by atoms with Crippen LogP contribution < -0.4 is 0 Å². The van der Waals surface area contributed by atoms with Gasteiger partial charge in [-0.05, 0) is 91.3 Å². The van der Waals surface area contributed by atoms with Crippen molar-refractivity contribution >= 4 is 11.9 Å². The van der Waals surface area contributed by atoms with E-state index in [0.29, 0.717) is 23.7 Å². The Morgan fingerprint density at radius 3 is 2.21 bits per heavy atom. The first-order chi connectivity index (χ1) is 18.1. The van der Waals surface area contributed by atoms with Gasteiger partial charge in [0.15, 0.2) is 0 Å². The Morgan fingerprint density at radius 1 is 0.897 bits per heavy atom. The molecule has 5 nitrogen and oxygen atoms in total. The Bertz CT molecular complexity index is 1050. The predicted molar refractivity (Wildman–Crippen MR) is 153 cm³/mol. The van der Waals surface area contributed by atoms with E-state index in [2.05, 4.69) is 54.5 Å². The molecule has 39 heavy (non-hydrogen) atoms. The maximum absolute atomic E-state index is 13.6. The van der Waals surface area contributed by atoms with E-state index in [4.69, 9.17) is 14.2 Å². The molecule has 4 saturated carbocycles. The molecular weight excluding hydrogens is 488 g/mol. The van der Waals surface area contributed by atoms with E-state index in [0.717, 1.165) is 51.4 Å². The van der Waals surface area contributed by atoms with Gasteiger partial charge in [0.1, 0.15) is 6.10 Å². The number of hydrogen-bond donors (Lipinski definition) is 0. The molecule has 0 amide bonds. The molecule has 11 atom stereocenters. The fourth-order valence-electron chi connectivity index (χ4n) is 11.7. The minimum Gasteiger partial charge on any atom is -0.469 e. The molecule has 5 rings (SSSR count). The number of carbonyl (C=O) groups is 2. The lowest BCUT2D eigenvalue weighted by molar-refractivity contribution is -0.234. The Labute approximate surface area is 237 Å². The van der Waals surface area contributed by atoms with Crippen LogP contribution in [0.5, 0.6) is 0 Å². The van der Waals surface area contributed by atoms with Gasteiger partial charge in [0.2, 0.25) is 0 Å². The van der Waals surface area contributed by atoms with Crippen LogP contribution in [0.15, 0.2) is 11.6 Å². The van der Waals surface area contributed by atoms with Crippen LogP contribution in [0.3, 0.4) is 0 Å². The molecular formula is C34H54O5. The molecule has 0 aromatic rings. The molecule has 220 valence electrons. The lowest BCUT2D eigenvalue weighted by Gasteiger charge is -2.72. The standard InChI is InChI=1S/C34H54O5/c1-20-11-16-34(29(36)38-10)18-17-32(7)23(27(34)21(20)2)19-24(37-9)28-31(6)14-13-26(39-22(3)35)30(4,5)25(31)12-15-33(28,32)8/h19-21,24-28H,11-18H2,1-10H3/t20-,21+,24-,25+,26+,27+,28-,31+,32-,33-,34+/m1/s1. The highest BCUT2D eigenvalue weighted by molar-refractivity contribution is 5.78. The Kier molecular flexibility index (Phi) is 6.97. The normalized spacial score (nSPS) is 50.3. The first kappa shape index (κ1) is 29.1. The molecule has 0 heterocycles. The van der Waals surface area contributed by atoms with E-state index in [1.807, 2.05) is 7.11 Å². The van der Waals surface area contributed by atoms with Gasteiger partial charge in [0.25, 0.3) is 0 Å². The van der Waals surface area contributed by atoms with Crippen LogP contribution in [0, 0.1) is 56.7 Å². The number of hydrogen-bond acceptors (Lipinski definition) is 5. The monoisotopic (exact) mass is 542 g/mol. The first-order valence-electron chi connectivity index (χ1n) is 15.6. The third-order valence-corrected chi connectivity index (χ3v) is 14.0. The fourth-order valence-corrected chi connectivity index (χ4v) is 11.7. The molecule has 5 aliphatic rings. The van der Waals surface area contributed by atoms with Crippen molar-refractivity contribution in [3.8, 4) is 0 Å². The van der Waals surface area contributed by atoms with Crippen molar-refractivity contribution in [3.05, 3.63) is 11.6 Å². The zero-order valence-corrected chi connectivity index (χ0v) is 26.3. The topological polar surface area (TPSA) is 61.8 Å². The average molecular weight is 543 g/mol. The van der Waals surface area contributed by atoms with Gasteiger partial charge >= 0.3 is 11.9 Å². The van der Waals surface area contributed by atoms with Crippen molar-refractivity contribution in [2.24, 2.45) is 56.7 Å². The summed E-state index contributed by atoms with van der Waals surface area (Å²) in [5, 5.41) is 0. The van der Waals surface area contributed by atoms with Crippen LogP contribution >= 0.6 is 0 Å². The van der Waals surface area contributed by atoms with Gasteiger partial charge in [-0.3, -0.25) is 9.59 Å². The van der Waals surface area contributed by atoms with Crippen LogP contribution in [0.2, 0.25) is 0 Å². The molecule has 0 N–H and O–H groups in total. The van der Waals surface area contributed by atoms with Gasteiger partial charge < -0.3 is 14.2 Å². The van der Waals surface area contributed by atoms with E-state index in [1.165, 1.54) is 5.57 Å². The van der Waals surface area contributed by atoms with Crippen molar-refractivity contribution in [3.63, 3.8) is 0 Å². The second-order valence-electron chi connectivity index (χ2n) is 15.6. The number of rotatable bonds is 3. The molecule has 0 aromatic heterocycles. The van der Waals surface area contributed by atoms with Crippen LogP contribution in [0.25, 0.3) is 0 Å². The maximum atomic E-state index is 13.6. The highest BCUT2D eigenvalue weighted by Gasteiger charge is 2.71. The van der Waals surface area contributed by atoms with E-state index in [1.54, 1.807) is 14.0 Å². The molecule has 0 aliphatic heterocycles. The highest BCUT2D eigenvalue weighted by atomic mass is 16.5. The van der Waals surface area contributed by atoms with Crippen LogP contribution in [0.4, 0.5) is 0 Å². The van der Waals surface area contributed by atoms with Crippen molar-refractivity contribution in [1.29, 1.82) is 0 Å². The van der Waals surface area contributed by atoms with Gasteiger partial charge in [-0.1, -0.05) is 60.1 Å². The van der Waals surface area contributed by atoms with Crippen molar-refractivity contribution in [2.75, 3.05) is 14.2 Å². The average Bonchev–Trinajstić information content (AvgIpc) is 2.87. The number of allylic oxidation sites excluding steroid dienone is 1. The predicted octanol–water partition coefficient (Wildman–Crippen LogP) is 7.37. The fraction of sp³-hybridized carbons (Fsp3) is 0.882. The molecule has 4 fully saturated rings. The molecule has 5 heteroatoms. The molecule has 0 bridgehead atoms.